The molecule has 2 N–H and O–H groups in total. The lowest BCUT2D eigenvalue weighted by Crippen LogP contribution is -2.60. The molecule has 4 amide bonds. The van der Waals surface area contributed by atoms with Crippen LogP contribution in [-0.2, 0) is 9.47 Å². The highest BCUT2D eigenvalue weighted by Gasteiger charge is 2.43. The van der Waals surface area contributed by atoms with Crippen molar-refractivity contribution in [3.63, 3.8) is 0 Å². The van der Waals surface area contributed by atoms with Gasteiger partial charge in [-0.25, -0.2) is 14.0 Å². The molecule has 1 atom stereocenters. The molecule has 0 saturated carbocycles. The maximum atomic E-state index is 13.9. The zero-order chi connectivity index (χ0) is 21.7. The van der Waals surface area contributed by atoms with Crippen LogP contribution in [0.3, 0.4) is 0 Å². The number of ether oxygens (including phenoxy) is 2. The average molecular weight is 428 g/mol. The van der Waals surface area contributed by atoms with E-state index in [0.717, 1.165) is 0 Å². The third-order valence-electron chi connectivity index (χ3n) is 5.24. The summed E-state index contributed by atoms with van der Waals surface area (Å²) in [5, 5.41) is 5.47. The summed E-state index contributed by atoms with van der Waals surface area (Å²) in [6, 6.07) is 14.5. The minimum Gasteiger partial charge on any atom is -0.347 e. The molecule has 2 aliphatic rings. The van der Waals surface area contributed by atoms with Gasteiger partial charge in [0.05, 0.1) is 32.0 Å². The summed E-state index contributed by atoms with van der Waals surface area (Å²) >= 11 is 0. The highest BCUT2D eigenvalue weighted by Crippen LogP contribution is 2.26. The number of nitrogens with zero attached hydrogens (tertiary/aromatic N) is 2. The zero-order valence-electron chi connectivity index (χ0n) is 17.1. The number of amides is 4. The minimum absolute atomic E-state index is 0.110. The molecule has 4 rings (SSSR count). The highest BCUT2D eigenvalue weighted by molar-refractivity contribution is 5.90. The SMILES string of the molecule is O=C(Nc1ccccc1)N1CCCOC2(C1)CN(C(=O)Nc1ccccc1F)CCO2. The summed E-state index contributed by atoms with van der Waals surface area (Å²) in [4.78, 5) is 28.7. The summed E-state index contributed by atoms with van der Waals surface area (Å²) in [6.45, 7) is 1.79. The number of halogens is 1. The maximum Gasteiger partial charge on any atom is 0.322 e. The molecule has 2 saturated heterocycles. The van der Waals surface area contributed by atoms with Crippen LogP contribution in [0.4, 0.5) is 25.4 Å². The van der Waals surface area contributed by atoms with Crippen molar-refractivity contribution in [3.8, 4) is 0 Å². The molecule has 1 spiro atoms. The van der Waals surface area contributed by atoms with Gasteiger partial charge in [0.2, 0.25) is 5.79 Å². The Bertz CT molecular complexity index is 929. The van der Waals surface area contributed by atoms with Gasteiger partial charge in [0.25, 0.3) is 0 Å². The van der Waals surface area contributed by atoms with E-state index in [1.165, 1.54) is 17.0 Å². The Labute approximate surface area is 179 Å². The van der Waals surface area contributed by atoms with Crippen molar-refractivity contribution in [2.75, 3.05) is 50.0 Å². The quantitative estimate of drug-likeness (QED) is 0.769. The molecule has 1 unspecified atom stereocenters. The van der Waals surface area contributed by atoms with Crippen LogP contribution in [0.2, 0.25) is 0 Å². The molecule has 0 aliphatic carbocycles. The Morgan fingerprint density at radius 1 is 0.839 bits per heavy atom. The fourth-order valence-corrected chi connectivity index (χ4v) is 3.70. The van der Waals surface area contributed by atoms with Gasteiger partial charge in [0.1, 0.15) is 5.82 Å². The van der Waals surface area contributed by atoms with Gasteiger partial charge in [-0.05, 0) is 30.7 Å². The molecule has 8 nitrogen and oxygen atoms in total. The molecule has 0 radical (unpaired) electrons. The molecule has 164 valence electrons. The van der Waals surface area contributed by atoms with Gasteiger partial charge < -0.3 is 29.9 Å². The van der Waals surface area contributed by atoms with Crippen molar-refractivity contribution >= 4 is 23.4 Å². The van der Waals surface area contributed by atoms with Crippen LogP contribution in [0.5, 0.6) is 0 Å². The van der Waals surface area contributed by atoms with Gasteiger partial charge in [-0.1, -0.05) is 30.3 Å². The first-order chi connectivity index (χ1) is 15.0. The van der Waals surface area contributed by atoms with E-state index in [1.54, 1.807) is 17.0 Å². The van der Waals surface area contributed by atoms with Gasteiger partial charge in [-0.2, -0.15) is 0 Å². The normalized spacial score (nSPS) is 21.5. The maximum absolute atomic E-state index is 13.9. The lowest BCUT2D eigenvalue weighted by molar-refractivity contribution is -0.258. The highest BCUT2D eigenvalue weighted by atomic mass is 19.1. The summed E-state index contributed by atoms with van der Waals surface area (Å²) in [5.41, 5.74) is 0.806. The molecule has 0 bridgehead atoms. The number of nitrogens with one attached hydrogen (secondary N) is 2. The lowest BCUT2D eigenvalue weighted by atomic mass is 10.2. The van der Waals surface area contributed by atoms with Crippen molar-refractivity contribution in [3.05, 3.63) is 60.4 Å². The van der Waals surface area contributed by atoms with Crippen molar-refractivity contribution in [1.82, 2.24) is 9.80 Å². The lowest BCUT2D eigenvalue weighted by Gasteiger charge is -2.42. The topological polar surface area (TPSA) is 83.1 Å². The first kappa shape index (κ1) is 21.1. The predicted molar refractivity (Wildman–Crippen MR) is 113 cm³/mol. The molecule has 31 heavy (non-hydrogen) atoms. The average Bonchev–Trinajstić information content (AvgIpc) is 2.98. The number of anilines is 2. The second-order valence-corrected chi connectivity index (χ2v) is 7.51. The van der Waals surface area contributed by atoms with Crippen LogP contribution in [0.15, 0.2) is 54.6 Å². The van der Waals surface area contributed by atoms with E-state index in [4.69, 9.17) is 9.47 Å². The van der Waals surface area contributed by atoms with Gasteiger partial charge in [-0.15, -0.1) is 0 Å². The Morgan fingerprint density at radius 2 is 1.48 bits per heavy atom. The summed E-state index contributed by atoms with van der Waals surface area (Å²) in [7, 11) is 0. The van der Waals surface area contributed by atoms with E-state index in [2.05, 4.69) is 10.6 Å². The number of morpholine rings is 1. The Balaban J connectivity index is 1.43. The first-order valence-electron chi connectivity index (χ1n) is 10.2. The zero-order valence-corrected chi connectivity index (χ0v) is 17.1. The number of carbonyl (C=O) groups is 2. The number of hydrogen-bond acceptors (Lipinski definition) is 4. The number of hydrogen-bond donors (Lipinski definition) is 2. The third-order valence-corrected chi connectivity index (χ3v) is 5.24. The summed E-state index contributed by atoms with van der Waals surface area (Å²) < 4.78 is 25.8. The van der Waals surface area contributed by atoms with Crippen molar-refractivity contribution in [1.29, 1.82) is 0 Å². The second-order valence-electron chi connectivity index (χ2n) is 7.51. The number of benzene rings is 2. The monoisotopic (exact) mass is 428 g/mol. The van der Waals surface area contributed by atoms with Gasteiger partial charge in [-0.3, -0.25) is 0 Å². The van der Waals surface area contributed by atoms with Gasteiger partial charge in [0, 0.05) is 18.8 Å². The van der Waals surface area contributed by atoms with E-state index < -0.39 is 17.6 Å². The molecule has 2 aromatic carbocycles. The molecular weight excluding hydrogens is 403 g/mol. The fourth-order valence-electron chi connectivity index (χ4n) is 3.70. The molecule has 2 aliphatic heterocycles. The molecular formula is C22H25FN4O4. The molecule has 9 heteroatoms. The second kappa shape index (κ2) is 9.32. The summed E-state index contributed by atoms with van der Waals surface area (Å²) in [5.74, 6) is -1.64. The smallest absolute Gasteiger partial charge is 0.322 e. The van der Waals surface area contributed by atoms with Crippen molar-refractivity contribution in [2.45, 2.75) is 12.2 Å². The number of carbonyl (C=O) groups excluding carboxylic acids is 2. The van der Waals surface area contributed by atoms with Crippen LogP contribution in [0.25, 0.3) is 0 Å². The van der Waals surface area contributed by atoms with Crippen molar-refractivity contribution in [2.24, 2.45) is 0 Å². The largest absolute Gasteiger partial charge is 0.347 e. The number of urea groups is 2. The first-order valence-corrected chi connectivity index (χ1v) is 10.2. The number of para-hydroxylation sites is 2. The summed E-state index contributed by atoms with van der Waals surface area (Å²) in [6.07, 6.45) is 0.648. The van der Waals surface area contributed by atoms with Crippen LogP contribution < -0.4 is 10.6 Å². The molecule has 2 heterocycles. The molecule has 2 aromatic rings. The fraction of sp³-hybridized carbons (Fsp3) is 0.364. The van der Waals surface area contributed by atoms with Crippen molar-refractivity contribution < 1.29 is 23.5 Å². The van der Waals surface area contributed by atoms with Crippen LogP contribution in [0.1, 0.15) is 6.42 Å². The third kappa shape index (κ3) is 5.12. The predicted octanol–water partition coefficient (Wildman–Crippen LogP) is 3.34. The van der Waals surface area contributed by atoms with E-state index in [0.29, 0.717) is 31.8 Å². The van der Waals surface area contributed by atoms with E-state index >= 15 is 0 Å². The van der Waals surface area contributed by atoms with Crippen LogP contribution >= 0.6 is 0 Å². The van der Waals surface area contributed by atoms with Crippen LogP contribution in [0, 0.1) is 5.82 Å². The van der Waals surface area contributed by atoms with E-state index in [-0.39, 0.29) is 31.4 Å². The van der Waals surface area contributed by atoms with Gasteiger partial charge >= 0.3 is 12.1 Å². The Hall–Kier alpha value is -3.17. The minimum atomic E-state index is -1.13. The Kier molecular flexibility index (Phi) is 6.34. The van der Waals surface area contributed by atoms with Gasteiger partial charge in [0.15, 0.2) is 0 Å². The Morgan fingerprint density at radius 3 is 2.26 bits per heavy atom. The van der Waals surface area contributed by atoms with E-state index in [1.807, 2.05) is 30.3 Å². The molecule has 2 fully saturated rings. The number of rotatable bonds is 2. The standard InChI is InChI=1S/C22H25FN4O4/c23-18-9-4-5-10-19(18)25-21(29)27-12-14-31-22(16-27)15-26(11-6-13-30-22)20(28)24-17-7-2-1-3-8-17/h1-5,7-10H,6,11-16H2,(H,24,28)(H,25,29). The van der Waals surface area contributed by atoms with Crippen LogP contribution in [-0.4, -0.2) is 67.0 Å². The molecule has 0 aromatic heterocycles. The van der Waals surface area contributed by atoms with E-state index in [9.17, 15) is 14.0 Å².